The molecule has 0 aromatic rings. The molecule has 0 unspecified atom stereocenters. The van der Waals surface area contributed by atoms with Crippen LogP contribution >= 0.6 is 0 Å². The van der Waals surface area contributed by atoms with E-state index >= 15 is 0 Å². The number of ether oxygens (including phenoxy) is 1. The summed E-state index contributed by atoms with van der Waals surface area (Å²) >= 11 is 0. The van der Waals surface area contributed by atoms with E-state index in [4.69, 9.17) is 4.74 Å². The molecule has 2 nitrogen and oxygen atoms in total. The molecular formula is C24H38O2. The Labute approximate surface area is 160 Å². The Balaban J connectivity index is 1.50. The summed E-state index contributed by atoms with van der Waals surface area (Å²) in [5.41, 5.74) is 2.38. The number of carbonyl (C=O) groups excluding carboxylic acids is 1. The van der Waals surface area contributed by atoms with Crippen molar-refractivity contribution in [3.05, 3.63) is 11.6 Å². The van der Waals surface area contributed by atoms with E-state index in [1.54, 1.807) is 0 Å². The van der Waals surface area contributed by atoms with E-state index in [9.17, 15) is 4.79 Å². The SMILES string of the molecule is CC[C@]12CC[C@H]3[C@@H](CCC4=CC[C@H](C)C[C@@H]43)[C@@H]1CC[C@@H]2CCOC(C)=O. The molecule has 3 fully saturated rings. The fraction of sp³-hybridized carbons (Fsp3) is 0.875. The maximum absolute atomic E-state index is 11.2. The quantitative estimate of drug-likeness (QED) is 0.445. The number of allylic oxidation sites excluding steroid dienone is 2. The van der Waals surface area contributed by atoms with Gasteiger partial charge in [-0.2, -0.15) is 0 Å². The summed E-state index contributed by atoms with van der Waals surface area (Å²) in [7, 11) is 0. The van der Waals surface area contributed by atoms with Crippen molar-refractivity contribution in [2.45, 2.75) is 85.0 Å². The van der Waals surface area contributed by atoms with Gasteiger partial charge in [-0.25, -0.2) is 0 Å². The number of hydrogen-bond acceptors (Lipinski definition) is 2. The zero-order valence-electron chi connectivity index (χ0n) is 17.1. The van der Waals surface area contributed by atoms with E-state index in [0.29, 0.717) is 12.0 Å². The predicted octanol–water partition coefficient (Wildman–Crippen LogP) is 6.15. The molecule has 0 amide bonds. The molecule has 26 heavy (non-hydrogen) atoms. The van der Waals surface area contributed by atoms with Gasteiger partial charge in [-0.1, -0.05) is 25.5 Å². The van der Waals surface area contributed by atoms with Crippen molar-refractivity contribution in [1.29, 1.82) is 0 Å². The van der Waals surface area contributed by atoms with Gasteiger partial charge in [0.1, 0.15) is 0 Å². The second-order valence-corrected chi connectivity index (χ2v) is 9.96. The van der Waals surface area contributed by atoms with Gasteiger partial charge >= 0.3 is 5.97 Å². The van der Waals surface area contributed by atoms with Gasteiger partial charge in [0.2, 0.25) is 0 Å². The van der Waals surface area contributed by atoms with Crippen LogP contribution in [0, 0.1) is 40.9 Å². The van der Waals surface area contributed by atoms with E-state index in [1.807, 2.05) is 5.57 Å². The van der Waals surface area contributed by atoms with E-state index in [2.05, 4.69) is 19.9 Å². The molecule has 0 N–H and O–H groups in total. The lowest BCUT2D eigenvalue weighted by molar-refractivity contribution is -0.141. The summed E-state index contributed by atoms with van der Waals surface area (Å²) in [4.78, 5) is 11.2. The van der Waals surface area contributed by atoms with Gasteiger partial charge in [0.25, 0.3) is 0 Å². The normalized spacial score (nSPS) is 44.5. The highest BCUT2D eigenvalue weighted by molar-refractivity contribution is 5.65. The topological polar surface area (TPSA) is 26.3 Å². The number of rotatable bonds is 4. The zero-order valence-corrected chi connectivity index (χ0v) is 17.1. The highest BCUT2D eigenvalue weighted by atomic mass is 16.5. The molecular weight excluding hydrogens is 320 g/mol. The lowest BCUT2D eigenvalue weighted by Gasteiger charge is -2.55. The van der Waals surface area contributed by atoms with Crippen LogP contribution in [0.2, 0.25) is 0 Å². The first-order valence-electron chi connectivity index (χ1n) is 11.4. The van der Waals surface area contributed by atoms with Crippen LogP contribution in [0.15, 0.2) is 11.6 Å². The Bertz CT molecular complexity index is 565. The molecule has 0 radical (unpaired) electrons. The molecule has 4 aliphatic carbocycles. The largest absolute Gasteiger partial charge is 0.466 e. The molecule has 146 valence electrons. The van der Waals surface area contributed by atoms with Gasteiger partial charge in [0.15, 0.2) is 0 Å². The summed E-state index contributed by atoms with van der Waals surface area (Å²) < 4.78 is 5.32. The molecule has 4 rings (SSSR count). The lowest BCUT2D eigenvalue weighted by Crippen LogP contribution is -2.47. The molecule has 7 atom stereocenters. The van der Waals surface area contributed by atoms with E-state index < -0.39 is 0 Å². The van der Waals surface area contributed by atoms with Crippen molar-refractivity contribution in [2.75, 3.05) is 6.61 Å². The molecule has 0 spiro atoms. The maximum Gasteiger partial charge on any atom is 0.302 e. The minimum atomic E-state index is -0.119. The number of fused-ring (bicyclic) bond motifs is 5. The van der Waals surface area contributed by atoms with Crippen molar-refractivity contribution in [2.24, 2.45) is 40.9 Å². The molecule has 0 saturated heterocycles. The fourth-order valence-corrected chi connectivity index (χ4v) is 7.91. The third-order valence-electron chi connectivity index (χ3n) is 9.02. The van der Waals surface area contributed by atoms with Crippen LogP contribution in [0.25, 0.3) is 0 Å². The summed E-state index contributed by atoms with van der Waals surface area (Å²) in [6.45, 7) is 7.07. The van der Waals surface area contributed by atoms with E-state index in [1.165, 1.54) is 64.7 Å². The zero-order chi connectivity index (χ0) is 18.3. The Hall–Kier alpha value is -0.790. The van der Waals surface area contributed by atoms with Crippen molar-refractivity contribution in [1.82, 2.24) is 0 Å². The summed E-state index contributed by atoms with van der Waals surface area (Å²) in [5, 5.41) is 0. The summed E-state index contributed by atoms with van der Waals surface area (Å²) in [6.07, 6.45) is 16.3. The molecule has 0 aromatic heterocycles. The Morgan fingerprint density at radius 3 is 2.85 bits per heavy atom. The first-order chi connectivity index (χ1) is 12.5. The van der Waals surface area contributed by atoms with Crippen LogP contribution in [0.5, 0.6) is 0 Å². The second-order valence-electron chi connectivity index (χ2n) is 9.96. The first-order valence-corrected chi connectivity index (χ1v) is 11.4. The number of esters is 1. The van der Waals surface area contributed by atoms with Crippen LogP contribution in [0.1, 0.15) is 85.0 Å². The van der Waals surface area contributed by atoms with Crippen molar-refractivity contribution < 1.29 is 9.53 Å². The number of hydrogen-bond donors (Lipinski definition) is 0. The summed E-state index contributed by atoms with van der Waals surface area (Å²) in [5.74, 6) is 5.33. The molecule has 0 aliphatic heterocycles. The average Bonchev–Trinajstić information content (AvgIpc) is 3.00. The third kappa shape index (κ3) is 3.06. The summed E-state index contributed by atoms with van der Waals surface area (Å²) in [6, 6.07) is 0. The third-order valence-corrected chi connectivity index (χ3v) is 9.02. The van der Waals surface area contributed by atoms with E-state index in [0.717, 1.165) is 41.9 Å². The van der Waals surface area contributed by atoms with Gasteiger partial charge < -0.3 is 4.74 Å². The van der Waals surface area contributed by atoms with Crippen molar-refractivity contribution >= 4 is 5.97 Å². The van der Waals surface area contributed by atoms with Crippen LogP contribution in [-0.4, -0.2) is 12.6 Å². The Morgan fingerprint density at radius 2 is 2.08 bits per heavy atom. The van der Waals surface area contributed by atoms with Crippen molar-refractivity contribution in [3.8, 4) is 0 Å². The van der Waals surface area contributed by atoms with Gasteiger partial charge in [-0.3, -0.25) is 4.79 Å². The fourth-order valence-electron chi connectivity index (χ4n) is 7.91. The molecule has 0 aromatic carbocycles. The standard InChI is InChI=1S/C24H38O2/c1-4-24-13-11-20-21(9-7-18-6-5-16(2)15-22(18)20)23(24)10-8-19(24)12-14-26-17(3)25/h6,16,19-23H,4-5,7-15H2,1-3H3/t16-,19+,20-,21+,22-,23-,24+/m0/s1. The second kappa shape index (κ2) is 7.32. The monoisotopic (exact) mass is 358 g/mol. The van der Waals surface area contributed by atoms with Crippen molar-refractivity contribution in [3.63, 3.8) is 0 Å². The minimum Gasteiger partial charge on any atom is -0.466 e. The number of carbonyl (C=O) groups is 1. The highest BCUT2D eigenvalue weighted by Crippen LogP contribution is 2.65. The molecule has 2 heteroatoms. The molecule has 4 aliphatic rings. The Kier molecular flexibility index (Phi) is 5.23. The van der Waals surface area contributed by atoms with Crippen LogP contribution in [0.4, 0.5) is 0 Å². The van der Waals surface area contributed by atoms with Gasteiger partial charge in [0.05, 0.1) is 6.61 Å². The maximum atomic E-state index is 11.2. The smallest absolute Gasteiger partial charge is 0.302 e. The minimum absolute atomic E-state index is 0.119. The average molecular weight is 359 g/mol. The van der Waals surface area contributed by atoms with Crippen LogP contribution in [0.3, 0.4) is 0 Å². The van der Waals surface area contributed by atoms with E-state index in [-0.39, 0.29) is 5.97 Å². The molecule has 3 saturated carbocycles. The predicted molar refractivity (Wildman–Crippen MR) is 106 cm³/mol. The van der Waals surface area contributed by atoms with Gasteiger partial charge in [-0.05, 0) is 105 Å². The van der Waals surface area contributed by atoms with Crippen LogP contribution in [-0.2, 0) is 9.53 Å². The molecule has 0 bridgehead atoms. The highest BCUT2D eigenvalue weighted by Gasteiger charge is 2.57. The van der Waals surface area contributed by atoms with Crippen LogP contribution < -0.4 is 0 Å². The molecule has 0 heterocycles. The first kappa shape index (κ1) is 18.6. The lowest BCUT2D eigenvalue weighted by atomic mass is 9.49. The van der Waals surface area contributed by atoms with Gasteiger partial charge in [0, 0.05) is 6.92 Å². The Morgan fingerprint density at radius 1 is 1.23 bits per heavy atom. The van der Waals surface area contributed by atoms with Gasteiger partial charge in [-0.15, -0.1) is 0 Å².